The Labute approximate surface area is 375 Å². The Morgan fingerprint density at radius 2 is 1.25 bits per heavy atom. The summed E-state index contributed by atoms with van der Waals surface area (Å²) in [5, 5.41) is 3.95. The first kappa shape index (κ1) is 28.0. The quantitative estimate of drug-likeness (QED) is 0.130. The maximum Gasteiger partial charge on any atom is 0.268 e. The predicted octanol–water partition coefficient (Wildman–Crippen LogP) is 12.8. The Bertz CT molecular complexity index is 4200. The van der Waals surface area contributed by atoms with E-state index in [1.54, 1.807) is 45.7 Å². The first-order valence-electron chi connectivity index (χ1n) is 23.3. The van der Waals surface area contributed by atoms with Gasteiger partial charge in [0, 0.05) is 48.9 Å². The van der Waals surface area contributed by atoms with Gasteiger partial charge in [0.15, 0.2) is 5.58 Å². The molecule has 0 spiro atoms. The summed E-state index contributed by atoms with van der Waals surface area (Å²) in [6.45, 7) is 0. The molecule has 0 unspecified atom stereocenters. The molecule has 0 radical (unpaired) electrons. The first-order chi connectivity index (χ1) is 33.1. The summed E-state index contributed by atoms with van der Waals surface area (Å²) >= 11 is 0. The molecule has 0 N–H and O–H groups in total. The molecule has 290 valence electrons. The van der Waals surface area contributed by atoms with Crippen LogP contribution in [0.1, 0.15) is 11.0 Å². The average Bonchev–Trinajstić information content (AvgIpc) is 4.05. The van der Waals surface area contributed by atoms with Crippen molar-refractivity contribution in [3.8, 4) is 62.1 Å². The van der Waals surface area contributed by atoms with E-state index >= 15 is 0 Å². The van der Waals surface area contributed by atoms with Gasteiger partial charge in [-0.25, -0.2) is 4.98 Å². The standard InChI is InChI=1S/C54H30N4O2.Pt/c1-3-17-39-37(15-1)38-16-2-4-18-40(38)45-22-12-25-49-54(45)57(47-23-8-5-19-41(39)47)33-56(49)34-13-11-14-35(29-34)59-36-27-28-43-42-20-6-9-24-48(42)58(50(43)30-36)53-31-46-44-21-7-10-26-51(44)60-52(46)32-55-53;/h1-28,31-32H;/q-2;/i1D,2D,3D,4D,15D,16D,17D,18D;. The second kappa shape index (κ2) is 13.8. The van der Waals surface area contributed by atoms with Crippen LogP contribution in [0.25, 0.3) is 105 Å². The number of aromatic nitrogens is 4. The molecular weight excluding hydrogens is 932 g/mol. The predicted molar refractivity (Wildman–Crippen MR) is 237 cm³/mol. The minimum absolute atomic E-state index is 0. The smallest absolute Gasteiger partial charge is 0.268 e. The van der Waals surface area contributed by atoms with Crippen LogP contribution in [0.15, 0.2) is 186 Å². The van der Waals surface area contributed by atoms with E-state index in [9.17, 15) is 5.48 Å². The molecule has 0 bridgehead atoms. The Balaban J connectivity index is 0.00000492. The number of benzene rings is 8. The van der Waals surface area contributed by atoms with E-state index in [0.717, 1.165) is 38.2 Å². The Kier molecular flexibility index (Phi) is 6.33. The molecule has 8 aromatic carbocycles. The number of hydrogen-bond acceptors (Lipinski definition) is 3. The van der Waals surface area contributed by atoms with Crippen LogP contribution in [0.2, 0.25) is 0 Å². The van der Waals surface area contributed by atoms with Crippen LogP contribution in [0.5, 0.6) is 11.5 Å². The van der Waals surface area contributed by atoms with E-state index < -0.39 is 36.3 Å². The minimum Gasteiger partial charge on any atom is -0.510 e. The third-order valence-electron chi connectivity index (χ3n) is 11.2. The van der Waals surface area contributed by atoms with Gasteiger partial charge in [-0.1, -0.05) is 127 Å². The van der Waals surface area contributed by atoms with Gasteiger partial charge in [-0.15, -0.1) is 29.7 Å². The molecular formula is C54H30N4O2Pt-2. The molecule has 12 aromatic rings. The number of pyridine rings is 1. The molecule has 1 aliphatic heterocycles. The number of rotatable bonds is 4. The molecule has 0 saturated heterocycles. The second-order valence-electron chi connectivity index (χ2n) is 14.5. The van der Waals surface area contributed by atoms with Crippen molar-refractivity contribution in [3.05, 3.63) is 200 Å². The maximum absolute atomic E-state index is 9.34. The molecule has 0 aliphatic carbocycles. The fourth-order valence-corrected chi connectivity index (χ4v) is 8.65. The number of fused-ring (bicyclic) bond motifs is 13. The van der Waals surface area contributed by atoms with Crippen molar-refractivity contribution in [1.29, 1.82) is 0 Å². The third-order valence-corrected chi connectivity index (χ3v) is 11.2. The van der Waals surface area contributed by atoms with E-state index in [4.69, 9.17) is 19.6 Å². The normalized spacial score (nSPS) is 13.6. The molecule has 0 saturated carbocycles. The molecule has 4 aromatic heterocycles. The summed E-state index contributed by atoms with van der Waals surface area (Å²) in [5.74, 6) is 1.52. The summed E-state index contributed by atoms with van der Waals surface area (Å²) in [6.07, 6.45) is 5.25. The zero-order chi connectivity index (χ0) is 46.3. The van der Waals surface area contributed by atoms with Crippen LogP contribution in [0.4, 0.5) is 0 Å². The Morgan fingerprint density at radius 3 is 2.10 bits per heavy atom. The van der Waals surface area contributed by atoms with E-state index in [1.807, 2.05) is 84.9 Å². The van der Waals surface area contributed by atoms with E-state index in [2.05, 4.69) is 35.2 Å². The second-order valence-corrected chi connectivity index (χ2v) is 14.5. The van der Waals surface area contributed by atoms with Crippen LogP contribution >= 0.6 is 0 Å². The van der Waals surface area contributed by atoms with E-state index in [1.165, 1.54) is 0 Å². The summed E-state index contributed by atoms with van der Waals surface area (Å²) in [6, 6.07) is 43.5. The van der Waals surface area contributed by atoms with Crippen molar-refractivity contribution >= 4 is 54.8 Å². The molecule has 0 fully saturated rings. The van der Waals surface area contributed by atoms with Crippen LogP contribution in [-0.4, -0.2) is 14.1 Å². The van der Waals surface area contributed by atoms with Crippen LogP contribution in [-0.2, 0) is 21.1 Å². The summed E-state index contributed by atoms with van der Waals surface area (Å²) in [5.41, 5.74) is 6.36. The monoisotopic (exact) mass is 969 g/mol. The maximum atomic E-state index is 9.34. The van der Waals surface area contributed by atoms with E-state index in [0.29, 0.717) is 56.4 Å². The van der Waals surface area contributed by atoms with Gasteiger partial charge in [-0.05, 0) is 68.7 Å². The zero-order valence-electron chi connectivity index (χ0n) is 39.6. The van der Waals surface area contributed by atoms with Crippen molar-refractivity contribution in [1.82, 2.24) is 14.1 Å². The summed E-state index contributed by atoms with van der Waals surface area (Å²) in [4.78, 5) is 4.86. The molecule has 0 amide bonds. The largest absolute Gasteiger partial charge is 0.510 e. The van der Waals surface area contributed by atoms with Crippen molar-refractivity contribution in [2.24, 2.45) is 0 Å². The van der Waals surface area contributed by atoms with Gasteiger partial charge in [-0.3, -0.25) is 4.57 Å². The zero-order valence-corrected chi connectivity index (χ0v) is 33.9. The molecule has 13 rings (SSSR count). The van der Waals surface area contributed by atoms with Gasteiger partial charge in [0.25, 0.3) is 6.33 Å². The van der Waals surface area contributed by atoms with Crippen molar-refractivity contribution < 1.29 is 45.8 Å². The van der Waals surface area contributed by atoms with Gasteiger partial charge in [0.1, 0.15) is 11.4 Å². The van der Waals surface area contributed by atoms with Gasteiger partial charge < -0.3 is 18.3 Å². The minimum atomic E-state index is -0.519. The van der Waals surface area contributed by atoms with Crippen LogP contribution in [0, 0.1) is 18.5 Å². The fourth-order valence-electron chi connectivity index (χ4n) is 8.65. The molecule has 5 heterocycles. The molecule has 61 heavy (non-hydrogen) atoms. The summed E-state index contributed by atoms with van der Waals surface area (Å²) < 4.78 is 90.4. The number of hydrogen-bond donors (Lipinski definition) is 0. The van der Waals surface area contributed by atoms with Gasteiger partial charge in [0.2, 0.25) is 0 Å². The van der Waals surface area contributed by atoms with Crippen molar-refractivity contribution in [3.63, 3.8) is 0 Å². The Morgan fingerprint density at radius 1 is 0.574 bits per heavy atom. The number of imidazole rings is 1. The van der Waals surface area contributed by atoms with Crippen LogP contribution in [0.3, 0.4) is 0 Å². The Hall–Kier alpha value is -7.53. The van der Waals surface area contributed by atoms with Gasteiger partial charge in [0.05, 0.1) is 33.9 Å². The molecule has 7 heteroatoms. The molecule has 6 nitrogen and oxygen atoms in total. The first-order valence-corrected chi connectivity index (χ1v) is 19.3. The average molecular weight is 970 g/mol. The number of para-hydroxylation sites is 4. The van der Waals surface area contributed by atoms with Gasteiger partial charge in [-0.2, -0.15) is 18.2 Å². The topological polar surface area (TPSA) is 49.0 Å². The van der Waals surface area contributed by atoms with Crippen molar-refractivity contribution in [2.45, 2.75) is 0 Å². The number of nitrogens with zero attached hydrogens (tertiary/aromatic N) is 4. The molecule has 0 atom stereocenters. The van der Waals surface area contributed by atoms with Gasteiger partial charge >= 0.3 is 0 Å². The SMILES string of the molecule is [2H]c1c([2H])c([2H])c2c(c1[2H])-c1ccccc1-[n+]1[c-]n(-c3[c-]c(Oc4[c-]c5c(cc4)c4ccccc4n5-c4cc5c(cn4)oc4ccccc45)ccc3)c3cccc(c31)-c1c([2H])c([2H])c([2H])c([2H])c1-2.[Pt]. The molecule has 1 aliphatic rings. The fraction of sp³-hybridized carbons (Fsp3) is 0. The third kappa shape index (κ3) is 5.39. The number of furan rings is 1. The van der Waals surface area contributed by atoms with Crippen molar-refractivity contribution in [2.75, 3.05) is 0 Å². The summed E-state index contributed by atoms with van der Waals surface area (Å²) in [7, 11) is 0. The van der Waals surface area contributed by atoms with Crippen LogP contribution < -0.4 is 9.30 Å². The number of ether oxygens (including phenoxy) is 1. The van der Waals surface area contributed by atoms with E-state index in [-0.39, 0.29) is 55.4 Å².